The fraction of sp³-hybridized carbons (Fsp3) is 0.632. The fourth-order valence-electron chi connectivity index (χ4n) is 2.99. The third kappa shape index (κ3) is 4.93. The van der Waals surface area contributed by atoms with Crippen molar-refractivity contribution >= 4 is 15.9 Å². The van der Waals surface area contributed by atoms with Gasteiger partial charge in [-0.15, -0.1) is 0 Å². The first-order valence-corrected chi connectivity index (χ1v) is 10.7. The molecule has 0 radical (unpaired) electrons. The van der Waals surface area contributed by atoms with E-state index in [0.717, 1.165) is 0 Å². The molecule has 8 heteroatoms. The molecule has 1 unspecified atom stereocenters. The van der Waals surface area contributed by atoms with E-state index in [1.54, 1.807) is 6.07 Å². The van der Waals surface area contributed by atoms with Gasteiger partial charge in [-0.05, 0) is 37.8 Å². The quantitative estimate of drug-likeness (QED) is 0.762. The number of nitrogens with one attached hydrogen (secondary N) is 1. The summed E-state index contributed by atoms with van der Waals surface area (Å²) in [6.45, 7) is 6.75. The number of sulfonamides is 1. The van der Waals surface area contributed by atoms with Crippen LogP contribution in [0, 0.1) is 11.8 Å². The molecule has 1 heterocycles. The minimum Gasteiger partial charge on any atom is -0.493 e. The minimum atomic E-state index is -3.64. The van der Waals surface area contributed by atoms with Gasteiger partial charge in [-0.3, -0.25) is 4.79 Å². The molecule has 1 saturated heterocycles. The molecule has 27 heavy (non-hydrogen) atoms. The zero-order valence-electron chi connectivity index (χ0n) is 16.7. The Morgan fingerprint density at radius 1 is 1.11 bits per heavy atom. The lowest BCUT2D eigenvalue weighted by Gasteiger charge is -2.31. The second-order valence-electron chi connectivity index (χ2n) is 7.24. The molecule has 0 bridgehead atoms. The van der Waals surface area contributed by atoms with Gasteiger partial charge in [0.2, 0.25) is 15.9 Å². The highest BCUT2D eigenvalue weighted by molar-refractivity contribution is 7.89. The molecule has 2 rings (SSSR count). The maximum absolute atomic E-state index is 12.9. The molecule has 1 aliphatic rings. The van der Waals surface area contributed by atoms with Gasteiger partial charge in [0, 0.05) is 31.1 Å². The van der Waals surface area contributed by atoms with Crippen molar-refractivity contribution in [3.05, 3.63) is 18.2 Å². The number of hydrogen-bond acceptors (Lipinski definition) is 5. The standard InChI is InChI=1S/C19H30N2O5S/c1-13(2)14(3)20-19(22)15-8-10-21(11-9-15)27(23,24)16-6-7-17(25-4)18(12-16)26-5/h6-7,12-15H,8-11H2,1-5H3,(H,20,22). The van der Waals surface area contributed by atoms with Gasteiger partial charge in [0.15, 0.2) is 11.5 Å². The molecular formula is C19H30N2O5S. The molecule has 0 aliphatic carbocycles. The molecule has 0 spiro atoms. The summed E-state index contributed by atoms with van der Waals surface area (Å²) in [5, 5.41) is 3.02. The average Bonchev–Trinajstić information content (AvgIpc) is 2.67. The molecular weight excluding hydrogens is 368 g/mol. The summed E-state index contributed by atoms with van der Waals surface area (Å²) in [5.74, 6) is 1.07. The van der Waals surface area contributed by atoms with Gasteiger partial charge in [0.25, 0.3) is 0 Å². The average molecular weight is 399 g/mol. The number of piperidine rings is 1. The molecule has 1 aromatic carbocycles. The first kappa shape index (κ1) is 21.5. The minimum absolute atomic E-state index is 0.0133. The van der Waals surface area contributed by atoms with E-state index in [4.69, 9.17) is 9.47 Å². The number of methoxy groups -OCH3 is 2. The third-order valence-corrected chi connectivity index (χ3v) is 7.08. The van der Waals surface area contributed by atoms with Crippen LogP contribution in [-0.4, -0.2) is 52.0 Å². The summed E-state index contributed by atoms with van der Waals surface area (Å²) < 4.78 is 37.7. The van der Waals surface area contributed by atoms with Crippen LogP contribution in [0.15, 0.2) is 23.1 Å². The lowest BCUT2D eigenvalue weighted by molar-refractivity contribution is -0.127. The van der Waals surface area contributed by atoms with Gasteiger partial charge in [0.1, 0.15) is 0 Å². The van der Waals surface area contributed by atoms with Crippen molar-refractivity contribution < 1.29 is 22.7 Å². The highest BCUT2D eigenvalue weighted by atomic mass is 32.2. The van der Waals surface area contributed by atoms with Gasteiger partial charge < -0.3 is 14.8 Å². The Bertz CT molecular complexity index is 755. The molecule has 0 aromatic heterocycles. The summed E-state index contributed by atoms with van der Waals surface area (Å²) in [6.07, 6.45) is 1.03. The number of carbonyl (C=O) groups is 1. The Kier molecular flexibility index (Phi) is 7.11. The van der Waals surface area contributed by atoms with Crippen LogP contribution in [-0.2, 0) is 14.8 Å². The molecule has 1 N–H and O–H groups in total. The number of carbonyl (C=O) groups excluding carboxylic acids is 1. The van der Waals surface area contributed by atoms with Crippen LogP contribution < -0.4 is 14.8 Å². The van der Waals surface area contributed by atoms with Crippen molar-refractivity contribution in [2.75, 3.05) is 27.3 Å². The maximum Gasteiger partial charge on any atom is 0.243 e. The first-order valence-electron chi connectivity index (χ1n) is 9.23. The van der Waals surface area contributed by atoms with Crippen molar-refractivity contribution in [2.24, 2.45) is 11.8 Å². The van der Waals surface area contributed by atoms with Crippen molar-refractivity contribution in [2.45, 2.75) is 44.6 Å². The van der Waals surface area contributed by atoms with E-state index in [1.807, 2.05) is 6.92 Å². The summed E-state index contributed by atoms with van der Waals surface area (Å²) in [4.78, 5) is 12.5. The van der Waals surface area contributed by atoms with Gasteiger partial charge >= 0.3 is 0 Å². The molecule has 0 saturated carbocycles. The number of hydrogen-bond donors (Lipinski definition) is 1. The summed E-state index contributed by atoms with van der Waals surface area (Å²) in [6, 6.07) is 4.67. The van der Waals surface area contributed by atoms with Crippen LogP contribution >= 0.6 is 0 Å². The Hall–Kier alpha value is -1.80. The first-order chi connectivity index (χ1) is 12.7. The molecule has 152 valence electrons. The Labute approximate surface area is 162 Å². The predicted octanol–water partition coefficient (Wildman–Crippen LogP) is 2.27. The number of rotatable bonds is 7. The highest BCUT2D eigenvalue weighted by Gasteiger charge is 2.33. The topological polar surface area (TPSA) is 84.9 Å². The summed E-state index contributed by atoms with van der Waals surface area (Å²) in [7, 11) is -0.668. The summed E-state index contributed by atoms with van der Waals surface area (Å²) in [5.41, 5.74) is 0. The van der Waals surface area contributed by atoms with Gasteiger partial charge in [-0.1, -0.05) is 13.8 Å². The molecule has 1 atom stereocenters. The van der Waals surface area contributed by atoms with Crippen LogP contribution in [0.2, 0.25) is 0 Å². The zero-order valence-corrected chi connectivity index (χ0v) is 17.5. The van der Waals surface area contributed by atoms with Crippen LogP contribution in [0.5, 0.6) is 11.5 Å². The van der Waals surface area contributed by atoms with Crippen LogP contribution in [0.3, 0.4) is 0 Å². The van der Waals surface area contributed by atoms with Crippen LogP contribution in [0.1, 0.15) is 33.6 Å². The van der Waals surface area contributed by atoms with E-state index in [1.165, 1.54) is 30.7 Å². The predicted molar refractivity (Wildman–Crippen MR) is 103 cm³/mol. The van der Waals surface area contributed by atoms with E-state index in [0.29, 0.717) is 43.3 Å². The number of amides is 1. The van der Waals surface area contributed by atoms with E-state index in [9.17, 15) is 13.2 Å². The van der Waals surface area contributed by atoms with E-state index in [-0.39, 0.29) is 22.8 Å². The monoisotopic (exact) mass is 398 g/mol. The molecule has 1 fully saturated rings. The number of ether oxygens (including phenoxy) is 2. The van der Waals surface area contributed by atoms with Crippen molar-refractivity contribution in [3.63, 3.8) is 0 Å². The van der Waals surface area contributed by atoms with Crippen molar-refractivity contribution in [1.82, 2.24) is 9.62 Å². The lowest BCUT2D eigenvalue weighted by atomic mass is 9.96. The Morgan fingerprint density at radius 2 is 1.70 bits per heavy atom. The third-order valence-electron chi connectivity index (χ3n) is 5.19. The van der Waals surface area contributed by atoms with E-state index >= 15 is 0 Å². The van der Waals surface area contributed by atoms with Gasteiger partial charge in [-0.25, -0.2) is 8.42 Å². The Balaban J connectivity index is 2.05. The van der Waals surface area contributed by atoms with Crippen molar-refractivity contribution in [3.8, 4) is 11.5 Å². The summed E-state index contributed by atoms with van der Waals surface area (Å²) >= 11 is 0. The van der Waals surface area contributed by atoms with Gasteiger partial charge in [-0.2, -0.15) is 4.31 Å². The van der Waals surface area contributed by atoms with E-state index in [2.05, 4.69) is 19.2 Å². The van der Waals surface area contributed by atoms with Crippen molar-refractivity contribution in [1.29, 1.82) is 0 Å². The highest BCUT2D eigenvalue weighted by Crippen LogP contribution is 2.32. The van der Waals surface area contributed by atoms with Gasteiger partial charge in [0.05, 0.1) is 19.1 Å². The molecule has 7 nitrogen and oxygen atoms in total. The zero-order chi connectivity index (χ0) is 20.2. The SMILES string of the molecule is COc1ccc(S(=O)(=O)N2CCC(C(=O)NC(C)C(C)C)CC2)cc1OC. The Morgan fingerprint density at radius 3 is 2.22 bits per heavy atom. The molecule has 1 amide bonds. The second-order valence-corrected chi connectivity index (χ2v) is 9.17. The van der Waals surface area contributed by atoms with Crippen LogP contribution in [0.25, 0.3) is 0 Å². The van der Waals surface area contributed by atoms with E-state index < -0.39 is 10.0 Å². The second kappa shape index (κ2) is 8.93. The molecule has 1 aliphatic heterocycles. The smallest absolute Gasteiger partial charge is 0.243 e. The largest absolute Gasteiger partial charge is 0.493 e. The number of benzene rings is 1. The lowest BCUT2D eigenvalue weighted by Crippen LogP contribution is -2.45. The maximum atomic E-state index is 12.9. The fourth-order valence-corrected chi connectivity index (χ4v) is 4.48. The number of nitrogens with zero attached hydrogens (tertiary/aromatic N) is 1. The molecule has 1 aromatic rings. The van der Waals surface area contributed by atoms with Crippen LogP contribution in [0.4, 0.5) is 0 Å². The normalized spacial score (nSPS) is 17.6.